The summed E-state index contributed by atoms with van der Waals surface area (Å²) >= 11 is 1.30. The first-order chi connectivity index (χ1) is 11.7. The molecule has 0 saturated heterocycles. The summed E-state index contributed by atoms with van der Waals surface area (Å²) in [5.74, 6) is -0.427. The zero-order valence-electron chi connectivity index (χ0n) is 12.9. The molecule has 2 N–H and O–H groups in total. The van der Waals surface area contributed by atoms with Crippen molar-refractivity contribution in [1.82, 2.24) is 5.32 Å². The van der Waals surface area contributed by atoms with Crippen molar-refractivity contribution in [1.29, 1.82) is 0 Å². The number of nitrogens with one attached hydrogen (secondary N) is 2. The summed E-state index contributed by atoms with van der Waals surface area (Å²) < 4.78 is 0. The van der Waals surface area contributed by atoms with Crippen molar-refractivity contribution < 1.29 is 9.59 Å². The summed E-state index contributed by atoms with van der Waals surface area (Å²) in [4.78, 5) is 25.1. The molecule has 2 amide bonds. The Kier molecular flexibility index (Phi) is 5.03. The van der Waals surface area contributed by atoms with Crippen LogP contribution < -0.4 is 10.6 Å². The molecule has 0 radical (unpaired) electrons. The predicted octanol–water partition coefficient (Wildman–Crippen LogP) is 3.93. The molecule has 0 aliphatic carbocycles. The van der Waals surface area contributed by atoms with Crippen LogP contribution in [0.25, 0.3) is 0 Å². The van der Waals surface area contributed by atoms with Crippen molar-refractivity contribution >= 4 is 28.8 Å². The highest BCUT2D eigenvalue weighted by molar-refractivity contribution is 7.12. The summed E-state index contributed by atoms with van der Waals surface area (Å²) in [6.07, 6.45) is 0. The lowest BCUT2D eigenvalue weighted by atomic mass is 10.2. The van der Waals surface area contributed by atoms with Gasteiger partial charge in [-0.2, -0.15) is 0 Å². The van der Waals surface area contributed by atoms with Crippen LogP contribution in [0, 0.1) is 0 Å². The number of hydrogen-bond acceptors (Lipinski definition) is 3. The predicted molar refractivity (Wildman–Crippen MR) is 96.3 cm³/mol. The van der Waals surface area contributed by atoms with Gasteiger partial charge in [0.2, 0.25) is 0 Å². The highest BCUT2D eigenvalue weighted by Crippen LogP contribution is 2.23. The first kappa shape index (κ1) is 16.0. The van der Waals surface area contributed by atoms with Gasteiger partial charge < -0.3 is 10.6 Å². The summed E-state index contributed by atoms with van der Waals surface area (Å²) in [5, 5.41) is 7.46. The van der Waals surface area contributed by atoms with Crippen LogP contribution in [0.1, 0.15) is 25.6 Å². The average molecular weight is 336 g/mol. The third-order valence-corrected chi connectivity index (χ3v) is 4.36. The van der Waals surface area contributed by atoms with Gasteiger partial charge >= 0.3 is 0 Å². The highest BCUT2D eigenvalue weighted by Gasteiger charge is 2.15. The minimum atomic E-state index is -0.230. The van der Waals surface area contributed by atoms with E-state index in [9.17, 15) is 9.59 Å². The molecule has 0 spiro atoms. The molecule has 24 heavy (non-hydrogen) atoms. The summed E-state index contributed by atoms with van der Waals surface area (Å²) in [6.45, 7) is 0.448. The number of anilines is 1. The van der Waals surface area contributed by atoms with Crippen LogP contribution in [-0.4, -0.2) is 11.8 Å². The summed E-state index contributed by atoms with van der Waals surface area (Å²) in [6, 6.07) is 20.4. The van der Waals surface area contributed by atoms with E-state index >= 15 is 0 Å². The molecule has 0 aliphatic heterocycles. The lowest BCUT2D eigenvalue weighted by molar-refractivity contribution is 0.0956. The van der Waals surface area contributed by atoms with Crippen LogP contribution in [-0.2, 0) is 6.54 Å². The van der Waals surface area contributed by atoms with Gasteiger partial charge in [0.25, 0.3) is 11.8 Å². The van der Waals surface area contributed by atoms with Crippen molar-refractivity contribution in [3.8, 4) is 0 Å². The molecule has 0 fully saturated rings. The van der Waals surface area contributed by atoms with Gasteiger partial charge in [0.05, 0.1) is 5.69 Å². The van der Waals surface area contributed by atoms with Crippen LogP contribution in [0.15, 0.2) is 72.1 Å². The van der Waals surface area contributed by atoms with Crippen molar-refractivity contribution in [2.45, 2.75) is 6.54 Å². The quantitative estimate of drug-likeness (QED) is 0.742. The SMILES string of the molecule is O=C(Nc1ccsc1C(=O)NCc1ccccc1)c1ccccc1. The van der Waals surface area contributed by atoms with E-state index < -0.39 is 0 Å². The number of amides is 2. The zero-order chi connectivity index (χ0) is 16.8. The molecule has 3 aromatic rings. The number of thiophene rings is 1. The molecule has 0 unspecified atom stereocenters. The van der Waals surface area contributed by atoms with E-state index in [0.717, 1.165) is 5.56 Å². The lowest BCUT2D eigenvalue weighted by Gasteiger charge is -2.08. The number of carbonyl (C=O) groups excluding carboxylic acids is 2. The van der Waals surface area contributed by atoms with Gasteiger partial charge in [-0.25, -0.2) is 0 Å². The van der Waals surface area contributed by atoms with Gasteiger partial charge in [0, 0.05) is 12.1 Å². The van der Waals surface area contributed by atoms with E-state index in [2.05, 4.69) is 10.6 Å². The van der Waals surface area contributed by atoms with Gasteiger partial charge in [0.15, 0.2) is 0 Å². The Morgan fingerprint density at radius 3 is 2.21 bits per heavy atom. The molecule has 3 rings (SSSR count). The fourth-order valence-electron chi connectivity index (χ4n) is 2.23. The molecule has 1 aromatic heterocycles. The second kappa shape index (κ2) is 7.57. The maximum absolute atomic E-state index is 12.4. The van der Waals surface area contributed by atoms with Crippen molar-refractivity contribution in [3.05, 3.63) is 88.1 Å². The molecule has 1 heterocycles. The van der Waals surface area contributed by atoms with Gasteiger partial charge in [-0.15, -0.1) is 11.3 Å². The molecule has 0 bridgehead atoms. The van der Waals surface area contributed by atoms with Gasteiger partial charge in [-0.1, -0.05) is 48.5 Å². The second-order valence-corrected chi connectivity index (χ2v) is 6.07. The van der Waals surface area contributed by atoms with E-state index in [1.807, 2.05) is 36.4 Å². The molecule has 0 saturated carbocycles. The first-order valence-corrected chi connectivity index (χ1v) is 8.38. The lowest BCUT2D eigenvalue weighted by Crippen LogP contribution is -2.23. The Bertz CT molecular complexity index is 829. The highest BCUT2D eigenvalue weighted by atomic mass is 32.1. The van der Waals surface area contributed by atoms with E-state index in [-0.39, 0.29) is 11.8 Å². The molecular formula is C19H16N2O2S. The minimum Gasteiger partial charge on any atom is -0.347 e. The van der Waals surface area contributed by atoms with Crippen molar-refractivity contribution in [3.63, 3.8) is 0 Å². The fraction of sp³-hybridized carbons (Fsp3) is 0.0526. The third kappa shape index (κ3) is 3.88. The minimum absolute atomic E-state index is 0.197. The molecular weight excluding hydrogens is 320 g/mol. The van der Waals surface area contributed by atoms with E-state index in [1.165, 1.54) is 11.3 Å². The standard InChI is InChI=1S/C19H16N2O2S/c22-18(15-9-5-2-6-10-15)21-16-11-12-24-17(16)19(23)20-13-14-7-3-1-4-8-14/h1-12H,13H2,(H,20,23)(H,21,22). The van der Waals surface area contributed by atoms with E-state index in [0.29, 0.717) is 22.7 Å². The fourth-order valence-corrected chi connectivity index (χ4v) is 2.99. The Morgan fingerprint density at radius 1 is 0.833 bits per heavy atom. The second-order valence-electron chi connectivity index (χ2n) is 5.15. The van der Waals surface area contributed by atoms with Gasteiger partial charge in [-0.05, 0) is 29.1 Å². The Labute approximate surface area is 144 Å². The largest absolute Gasteiger partial charge is 0.347 e. The van der Waals surface area contributed by atoms with Gasteiger partial charge in [-0.3, -0.25) is 9.59 Å². The maximum Gasteiger partial charge on any atom is 0.263 e. The van der Waals surface area contributed by atoms with Gasteiger partial charge in [0.1, 0.15) is 4.88 Å². The monoisotopic (exact) mass is 336 g/mol. The van der Waals surface area contributed by atoms with Crippen LogP contribution >= 0.6 is 11.3 Å². The Balaban J connectivity index is 1.66. The molecule has 2 aromatic carbocycles. The first-order valence-electron chi connectivity index (χ1n) is 7.50. The summed E-state index contributed by atoms with van der Waals surface area (Å²) in [7, 11) is 0. The molecule has 0 aliphatic rings. The smallest absolute Gasteiger partial charge is 0.263 e. The molecule has 4 nitrogen and oxygen atoms in total. The van der Waals surface area contributed by atoms with E-state index in [4.69, 9.17) is 0 Å². The van der Waals surface area contributed by atoms with E-state index in [1.54, 1.807) is 35.7 Å². The number of benzene rings is 2. The molecule has 5 heteroatoms. The third-order valence-electron chi connectivity index (χ3n) is 3.45. The van der Waals surface area contributed by atoms with Crippen LogP contribution in [0.5, 0.6) is 0 Å². The normalized spacial score (nSPS) is 10.2. The average Bonchev–Trinajstić information content (AvgIpc) is 3.09. The van der Waals surface area contributed by atoms with Crippen molar-refractivity contribution in [2.24, 2.45) is 0 Å². The maximum atomic E-state index is 12.4. The van der Waals surface area contributed by atoms with Crippen molar-refractivity contribution in [2.75, 3.05) is 5.32 Å². The zero-order valence-corrected chi connectivity index (χ0v) is 13.7. The van der Waals surface area contributed by atoms with Crippen LogP contribution in [0.3, 0.4) is 0 Å². The van der Waals surface area contributed by atoms with Crippen LogP contribution in [0.4, 0.5) is 5.69 Å². The molecule has 120 valence electrons. The number of carbonyl (C=O) groups is 2. The van der Waals surface area contributed by atoms with Crippen LogP contribution in [0.2, 0.25) is 0 Å². The Hall–Kier alpha value is -2.92. The molecule has 0 atom stereocenters. The Morgan fingerprint density at radius 2 is 1.50 bits per heavy atom. The number of hydrogen-bond donors (Lipinski definition) is 2. The number of rotatable bonds is 5. The topological polar surface area (TPSA) is 58.2 Å². The summed E-state index contributed by atoms with van der Waals surface area (Å²) in [5.41, 5.74) is 2.11.